The van der Waals surface area contributed by atoms with Crippen LogP contribution in [0.15, 0.2) is 12.3 Å². The number of hydrogen-bond acceptors (Lipinski definition) is 5. The topological polar surface area (TPSA) is 97.2 Å². The Morgan fingerprint density at radius 3 is 2.55 bits per heavy atom. The molecule has 0 saturated heterocycles. The average molecular weight is 280 g/mol. The molecular formula is C13H20N4O3. The minimum absolute atomic E-state index is 0.0223. The molecule has 1 aromatic rings. The van der Waals surface area contributed by atoms with E-state index < -0.39 is 11.0 Å². The standard InChI is InChI=1S/C13H20N4O3/c1-8-7-14-11(6-10(8)17(19)20)15-9(2)12(18)16-13(3,4)5/h6-7,9H,1-5H3,(H,14,15)(H,16,18). The highest BCUT2D eigenvalue weighted by Gasteiger charge is 2.20. The summed E-state index contributed by atoms with van der Waals surface area (Å²) in [6.45, 7) is 8.94. The fourth-order valence-corrected chi connectivity index (χ4v) is 1.55. The third-order valence-electron chi connectivity index (χ3n) is 2.53. The molecule has 0 spiro atoms. The van der Waals surface area contributed by atoms with Crippen LogP contribution in [0.4, 0.5) is 11.5 Å². The van der Waals surface area contributed by atoms with E-state index >= 15 is 0 Å². The number of carbonyl (C=O) groups excluding carboxylic acids is 1. The van der Waals surface area contributed by atoms with Crippen LogP contribution in [-0.2, 0) is 4.79 Å². The van der Waals surface area contributed by atoms with Crippen LogP contribution in [-0.4, -0.2) is 27.4 Å². The fourth-order valence-electron chi connectivity index (χ4n) is 1.55. The number of amides is 1. The zero-order valence-corrected chi connectivity index (χ0v) is 12.4. The molecule has 0 aliphatic rings. The number of nitro groups is 1. The van der Waals surface area contributed by atoms with E-state index in [0.29, 0.717) is 11.4 Å². The first-order valence-electron chi connectivity index (χ1n) is 6.30. The zero-order valence-electron chi connectivity index (χ0n) is 12.4. The Labute approximate surface area is 117 Å². The molecule has 1 heterocycles. The zero-order chi connectivity index (χ0) is 15.5. The van der Waals surface area contributed by atoms with Crippen molar-refractivity contribution in [3.05, 3.63) is 27.9 Å². The van der Waals surface area contributed by atoms with E-state index in [1.807, 2.05) is 20.8 Å². The first kappa shape index (κ1) is 15.9. The molecule has 7 nitrogen and oxygen atoms in total. The number of rotatable bonds is 4. The molecule has 1 rings (SSSR count). The van der Waals surface area contributed by atoms with Crippen molar-refractivity contribution in [3.63, 3.8) is 0 Å². The highest BCUT2D eigenvalue weighted by Crippen LogP contribution is 2.20. The Hall–Kier alpha value is -2.18. The van der Waals surface area contributed by atoms with E-state index in [4.69, 9.17) is 0 Å². The van der Waals surface area contributed by atoms with Crippen molar-refractivity contribution in [1.82, 2.24) is 10.3 Å². The van der Waals surface area contributed by atoms with Gasteiger partial charge >= 0.3 is 0 Å². The average Bonchev–Trinajstić information content (AvgIpc) is 2.28. The Bertz CT molecular complexity index is 523. The molecule has 0 aromatic carbocycles. The van der Waals surface area contributed by atoms with E-state index in [1.54, 1.807) is 13.8 Å². The minimum Gasteiger partial charge on any atom is -0.358 e. The first-order valence-corrected chi connectivity index (χ1v) is 6.30. The largest absolute Gasteiger partial charge is 0.358 e. The van der Waals surface area contributed by atoms with Gasteiger partial charge in [-0.1, -0.05) is 0 Å². The second-order valence-electron chi connectivity index (χ2n) is 5.72. The summed E-state index contributed by atoms with van der Waals surface area (Å²) in [6, 6.07) is 0.792. The Balaban J connectivity index is 2.81. The van der Waals surface area contributed by atoms with Crippen molar-refractivity contribution in [2.75, 3.05) is 5.32 Å². The van der Waals surface area contributed by atoms with Crippen molar-refractivity contribution >= 4 is 17.4 Å². The van der Waals surface area contributed by atoms with Gasteiger partial charge in [-0.15, -0.1) is 0 Å². The maximum atomic E-state index is 11.9. The highest BCUT2D eigenvalue weighted by molar-refractivity contribution is 5.84. The summed E-state index contributed by atoms with van der Waals surface area (Å²) in [6.07, 6.45) is 1.41. The fraction of sp³-hybridized carbons (Fsp3) is 0.538. The molecule has 20 heavy (non-hydrogen) atoms. The molecule has 0 saturated carbocycles. The predicted molar refractivity (Wildman–Crippen MR) is 76.6 cm³/mol. The van der Waals surface area contributed by atoms with Gasteiger partial charge in [-0.3, -0.25) is 14.9 Å². The third-order valence-corrected chi connectivity index (χ3v) is 2.53. The normalized spacial score (nSPS) is 12.7. The van der Waals surface area contributed by atoms with Gasteiger partial charge in [0.15, 0.2) is 0 Å². The van der Waals surface area contributed by atoms with Crippen LogP contribution < -0.4 is 10.6 Å². The van der Waals surface area contributed by atoms with Crippen LogP contribution in [0.3, 0.4) is 0 Å². The molecule has 7 heteroatoms. The monoisotopic (exact) mass is 280 g/mol. The van der Waals surface area contributed by atoms with Crippen molar-refractivity contribution in [2.24, 2.45) is 0 Å². The van der Waals surface area contributed by atoms with Gasteiger partial charge in [0.1, 0.15) is 11.9 Å². The lowest BCUT2D eigenvalue weighted by atomic mass is 10.1. The van der Waals surface area contributed by atoms with Gasteiger partial charge in [-0.2, -0.15) is 0 Å². The second kappa shape index (κ2) is 5.85. The van der Waals surface area contributed by atoms with Crippen LogP contribution in [0, 0.1) is 17.0 Å². The number of hydrogen-bond donors (Lipinski definition) is 2. The minimum atomic E-state index is -0.538. The number of pyridine rings is 1. The number of aromatic nitrogens is 1. The molecule has 0 bridgehead atoms. The summed E-state index contributed by atoms with van der Waals surface area (Å²) in [5.74, 6) is 0.112. The summed E-state index contributed by atoms with van der Waals surface area (Å²) in [5, 5.41) is 16.5. The van der Waals surface area contributed by atoms with E-state index in [9.17, 15) is 14.9 Å². The molecule has 1 unspecified atom stereocenters. The first-order chi connectivity index (χ1) is 9.10. The van der Waals surface area contributed by atoms with Crippen molar-refractivity contribution in [2.45, 2.75) is 46.2 Å². The van der Waals surface area contributed by atoms with Gasteiger partial charge in [0.2, 0.25) is 5.91 Å². The van der Waals surface area contributed by atoms with Crippen LogP contribution >= 0.6 is 0 Å². The smallest absolute Gasteiger partial charge is 0.277 e. The summed E-state index contributed by atoms with van der Waals surface area (Å²) >= 11 is 0. The van der Waals surface area contributed by atoms with Crippen molar-refractivity contribution in [1.29, 1.82) is 0 Å². The number of nitrogens with one attached hydrogen (secondary N) is 2. The highest BCUT2D eigenvalue weighted by atomic mass is 16.6. The maximum Gasteiger partial charge on any atom is 0.277 e. The van der Waals surface area contributed by atoms with Crippen LogP contribution in [0.25, 0.3) is 0 Å². The maximum absolute atomic E-state index is 11.9. The second-order valence-corrected chi connectivity index (χ2v) is 5.72. The Kier molecular flexibility index (Phi) is 4.65. The molecule has 110 valence electrons. The van der Waals surface area contributed by atoms with Crippen molar-refractivity contribution < 1.29 is 9.72 Å². The van der Waals surface area contributed by atoms with Crippen LogP contribution in [0.1, 0.15) is 33.3 Å². The van der Waals surface area contributed by atoms with Gasteiger partial charge in [0.25, 0.3) is 5.69 Å². The summed E-state index contributed by atoms with van der Waals surface area (Å²) in [5.41, 5.74) is 0.123. The molecule has 0 aliphatic carbocycles. The molecule has 0 radical (unpaired) electrons. The van der Waals surface area contributed by atoms with Gasteiger partial charge in [-0.25, -0.2) is 4.98 Å². The third kappa shape index (κ3) is 4.49. The van der Waals surface area contributed by atoms with Crippen LogP contribution in [0.2, 0.25) is 0 Å². The Morgan fingerprint density at radius 2 is 2.05 bits per heavy atom. The lowest BCUT2D eigenvalue weighted by Crippen LogP contribution is -2.47. The molecule has 0 fully saturated rings. The summed E-state index contributed by atoms with van der Waals surface area (Å²) in [4.78, 5) is 26.3. The van der Waals surface area contributed by atoms with E-state index in [1.165, 1.54) is 12.3 Å². The van der Waals surface area contributed by atoms with E-state index in [0.717, 1.165) is 0 Å². The van der Waals surface area contributed by atoms with Crippen LogP contribution in [0.5, 0.6) is 0 Å². The van der Waals surface area contributed by atoms with Gasteiger partial charge < -0.3 is 10.6 Å². The van der Waals surface area contributed by atoms with Gasteiger partial charge in [-0.05, 0) is 34.6 Å². The molecule has 0 aliphatic heterocycles. The molecule has 1 atom stereocenters. The van der Waals surface area contributed by atoms with Gasteiger partial charge in [0.05, 0.1) is 11.0 Å². The Morgan fingerprint density at radius 1 is 1.45 bits per heavy atom. The quantitative estimate of drug-likeness (QED) is 0.649. The predicted octanol–water partition coefficient (Wildman–Crippen LogP) is 2.01. The number of aryl methyl sites for hydroxylation is 1. The molecule has 1 aromatic heterocycles. The lowest BCUT2D eigenvalue weighted by Gasteiger charge is -2.23. The number of anilines is 1. The lowest BCUT2D eigenvalue weighted by molar-refractivity contribution is -0.385. The van der Waals surface area contributed by atoms with Gasteiger partial charge in [0, 0.05) is 17.3 Å². The summed E-state index contributed by atoms with van der Waals surface area (Å²) < 4.78 is 0. The molecule has 2 N–H and O–H groups in total. The SMILES string of the molecule is Cc1cnc(NC(C)C(=O)NC(C)(C)C)cc1[N+](=O)[O-]. The number of carbonyl (C=O) groups is 1. The molecule has 1 amide bonds. The number of nitrogens with zero attached hydrogens (tertiary/aromatic N) is 2. The van der Waals surface area contributed by atoms with Crippen molar-refractivity contribution in [3.8, 4) is 0 Å². The van der Waals surface area contributed by atoms with E-state index in [-0.39, 0.29) is 17.1 Å². The molecular weight excluding hydrogens is 260 g/mol. The summed E-state index contributed by atoms with van der Waals surface area (Å²) in [7, 11) is 0. The van der Waals surface area contributed by atoms with E-state index in [2.05, 4.69) is 15.6 Å².